The number of aliphatic hydroxyl groups is 1. The Bertz CT molecular complexity index is 1470. The van der Waals surface area contributed by atoms with Crippen LogP contribution in [0.15, 0.2) is 48.6 Å². The summed E-state index contributed by atoms with van der Waals surface area (Å²) >= 11 is 0. The minimum Gasteiger partial charge on any atom is -0.467 e. The molecule has 13 heteroatoms. The van der Waals surface area contributed by atoms with Gasteiger partial charge in [-0.25, -0.2) is 18.0 Å². The molecule has 216 valence electrons. The number of allylic oxidation sites excluding steroid dienone is 1. The van der Waals surface area contributed by atoms with Crippen LogP contribution in [0.25, 0.3) is 6.08 Å². The van der Waals surface area contributed by atoms with Crippen molar-refractivity contribution in [2.75, 3.05) is 25.7 Å². The van der Waals surface area contributed by atoms with E-state index in [0.717, 1.165) is 7.11 Å². The molecule has 0 bridgehead atoms. The smallest absolute Gasteiger partial charge is 0.414 e. The van der Waals surface area contributed by atoms with Gasteiger partial charge in [0.25, 0.3) is 0 Å². The minimum atomic E-state index is -5.23. The first-order chi connectivity index (χ1) is 18.6. The van der Waals surface area contributed by atoms with Gasteiger partial charge in [0, 0.05) is 12.6 Å². The van der Waals surface area contributed by atoms with Crippen molar-refractivity contribution >= 4 is 33.7 Å². The normalized spacial score (nSPS) is 16.0. The Labute approximate surface area is 229 Å². The molecule has 40 heavy (non-hydrogen) atoms. The molecule has 0 radical (unpaired) electrons. The molecule has 2 unspecified atom stereocenters. The topological polar surface area (TPSA) is 131 Å². The Balaban J connectivity index is 2.31. The lowest BCUT2D eigenvalue weighted by atomic mass is 9.80. The second kappa shape index (κ2) is 11.4. The predicted octanol–water partition coefficient (Wildman–Crippen LogP) is 3.36. The third-order valence-corrected chi connectivity index (χ3v) is 7.38. The highest BCUT2D eigenvalue weighted by Crippen LogP contribution is 2.41. The summed E-state index contributed by atoms with van der Waals surface area (Å²) in [6, 6.07) is 6.61. The zero-order chi connectivity index (χ0) is 30.0. The quantitative estimate of drug-likeness (QED) is 0.287. The number of rotatable bonds is 10. The number of carbonyl (C=O) groups is 2. The lowest BCUT2D eigenvalue weighted by molar-refractivity contribution is -0.156. The van der Waals surface area contributed by atoms with Crippen molar-refractivity contribution in [3.8, 4) is 0 Å². The number of halogens is 3. The number of fused-ring (bicyclic) bond motifs is 1. The van der Waals surface area contributed by atoms with Crippen molar-refractivity contribution < 1.29 is 45.8 Å². The molecule has 1 aliphatic heterocycles. The van der Waals surface area contributed by atoms with Gasteiger partial charge in [-0.3, -0.25) is 0 Å². The maximum Gasteiger partial charge on any atom is 0.414 e. The van der Waals surface area contributed by atoms with Gasteiger partial charge in [0.2, 0.25) is 10.0 Å². The van der Waals surface area contributed by atoms with Crippen molar-refractivity contribution in [2.24, 2.45) is 0 Å². The second-order valence-corrected chi connectivity index (χ2v) is 10.8. The molecule has 2 aromatic rings. The Morgan fingerprint density at radius 1 is 1.27 bits per heavy atom. The van der Waals surface area contributed by atoms with Crippen LogP contribution in [-0.4, -0.2) is 58.2 Å². The van der Waals surface area contributed by atoms with Crippen LogP contribution in [0.1, 0.15) is 38.2 Å². The lowest BCUT2D eigenvalue weighted by Crippen LogP contribution is -2.61. The summed E-state index contributed by atoms with van der Waals surface area (Å²) < 4.78 is 80.2. The summed E-state index contributed by atoms with van der Waals surface area (Å²) in [6.45, 7) is 5.43. The van der Waals surface area contributed by atoms with Gasteiger partial charge in [0.1, 0.15) is 12.7 Å². The molecule has 2 aromatic carbocycles. The number of sulfonamides is 1. The first-order valence-corrected chi connectivity index (χ1v) is 13.8. The number of anilines is 1. The monoisotopic (exact) mass is 582 g/mol. The molecule has 3 N–H and O–H groups in total. The maximum atomic E-state index is 14.6. The molecule has 1 aliphatic rings. The summed E-state index contributed by atoms with van der Waals surface area (Å²) in [5.41, 5.74) is -2.54. The van der Waals surface area contributed by atoms with Crippen molar-refractivity contribution in [1.29, 1.82) is 0 Å². The predicted molar refractivity (Wildman–Crippen MR) is 142 cm³/mol. The number of cyclic esters (lactones) is 1. The molecule has 0 saturated carbocycles. The third-order valence-electron chi connectivity index (χ3n) is 6.68. The number of esters is 2. The molecular formula is C27H29F3N2O7S. The summed E-state index contributed by atoms with van der Waals surface area (Å²) in [7, 11) is -2.05. The average Bonchev–Trinajstić information content (AvgIpc) is 3.27. The molecule has 3 rings (SSSR count). The van der Waals surface area contributed by atoms with Crippen LogP contribution in [0.4, 0.5) is 18.9 Å². The van der Waals surface area contributed by atoms with Crippen LogP contribution in [0, 0.1) is 6.92 Å². The first-order valence-electron chi connectivity index (χ1n) is 11.9. The average molecular weight is 583 g/mol. The molecule has 0 aliphatic carbocycles. The van der Waals surface area contributed by atoms with Gasteiger partial charge in [0.15, 0.2) is 5.54 Å². The number of benzene rings is 2. The fourth-order valence-electron chi connectivity index (χ4n) is 4.92. The summed E-state index contributed by atoms with van der Waals surface area (Å²) in [4.78, 5) is 25.5. The van der Waals surface area contributed by atoms with Crippen molar-refractivity contribution in [1.82, 2.24) is 4.72 Å². The van der Waals surface area contributed by atoms with Gasteiger partial charge in [-0.15, -0.1) is 0 Å². The van der Waals surface area contributed by atoms with Crippen LogP contribution < -0.4 is 10.0 Å². The van der Waals surface area contributed by atoms with Gasteiger partial charge in [-0.2, -0.15) is 17.9 Å². The molecule has 0 amide bonds. The lowest BCUT2D eigenvalue weighted by Gasteiger charge is -2.37. The molecule has 0 saturated heterocycles. The zero-order valence-corrected chi connectivity index (χ0v) is 23.0. The van der Waals surface area contributed by atoms with E-state index in [4.69, 9.17) is 9.47 Å². The van der Waals surface area contributed by atoms with Gasteiger partial charge in [-0.1, -0.05) is 49.1 Å². The Hall–Kier alpha value is -3.68. The molecule has 2 atom stereocenters. The number of nitrogens with one attached hydrogen (secondary N) is 2. The highest BCUT2D eigenvalue weighted by atomic mass is 32.2. The molecule has 0 fully saturated rings. The van der Waals surface area contributed by atoms with Crippen LogP contribution >= 0.6 is 0 Å². The Kier molecular flexibility index (Phi) is 8.82. The highest BCUT2D eigenvalue weighted by molar-refractivity contribution is 7.88. The summed E-state index contributed by atoms with van der Waals surface area (Å²) in [5.74, 6) is -2.11. The number of hydrogen-bond acceptors (Lipinski definition) is 8. The van der Waals surface area contributed by atoms with Crippen molar-refractivity contribution in [3.63, 3.8) is 0 Å². The van der Waals surface area contributed by atoms with E-state index >= 15 is 0 Å². The van der Waals surface area contributed by atoms with E-state index < -0.39 is 51.8 Å². The Morgan fingerprint density at radius 2 is 1.90 bits per heavy atom. The summed E-state index contributed by atoms with van der Waals surface area (Å²) in [5, 5.41) is 14.2. The second-order valence-electron chi connectivity index (χ2n) is 9.08. The largest absolute Gasteiger partial charge is 0.467 e. The summed E-state index contributed by atoms with van der Waals surface area (Å²) in [6.07, 6.45) is -5.80. The molecule has 9 nitrogen and oxygen atoms in total. The van der Waals surface area contributed by atoms with E-state index in [2.05, 4.69) is 11.9 Å². The number of carbonyl (C=O) groups excluding carboxylic acids is 2. The van der Waals surface area contributed by atoms with E-state index in [1.165, 1.54) is 43.5 Å². The van der Waals surface area contributed by atoms with Gasteiger partial charge in [-0.05, 0) is 35.6 Å². The van der Waals surface area contributed by atoms with Gasteiger partial charge < -0.3 is 19.9 Å². The fraction of sp³-hybridized carbons (Fsp3) is 0.333. The van der Waals surface area contributed by atoms with Gasteiger partial charge >= 0.3 is 18.1 Å². The molecule has 0 spiro atoms. The number of methoxy groups -OCH3 is 1. The Morgan fingerprint density at radius 3 is 2.40 bits per heavy atom. The fourth-order valence-corrected chi connectivity index (χ4v) is 5.82. The standard InChI is InChI=1S/C27H29F3N2O7S/c1-6-17-15(2)19-14-39-24(34)21(19)22(31-3)18(17)12-13-20(27(28,29)30)23(33)26(25(35)38-4,32-40(5,36)37)16-10-8-7-9-11-16/h6-11,13,23,31-33H,1,12,14H2,2-5H3. The number of ether oxygens (including phenoxy) is 2. The highest BCUT2D eigenvalue weighted by Gasteiger charge is 2.56. The van der Waals surface area contributed by atoms with E-state index in [0.29, 0.717) is 29.0 Å². The van der Waals surface area contributed by atoms with Crippen LogP contribution in [0.5, 0.6) is 0 Å². The van der Waals surface area contributed by atoms with E-state index in [1.807, 2.05) is 4.72 Å². The molecule has 1 heterocycles. The number of alkyl halides is 3. The number of aliphatic hydroxyl groups excluding tert-OH is 1. The van der Waals surface area contributed by atoms with E-state index in [9.17, 15) is 36.3 Å². The SMILES string of the molecule is C=Cc1c(C)c2c(c(NC)c1CC=C(C(O)C(NS(C)(=O)=O)(C(=O)OC)c1ccccc1)C(F)(F)F)C(=O)OC2. The third kappa shape index (κ3) is 5.62. The minimum absolute atomic E-state index is 0.00591. The first kappa shape index (κ1) is 30.9. The van der Waals surface area contributed by atoms with E-state index in [1.54, 1.807) is 6.92 Å². The maximum absolute atomic E-state index is 14.6. The molecule has 0 aromatic heterocycles. The van der Waals surface area contributed by atoms with Crippen molar-refractivity contribution in [3.05, 3.63) is 81.9 Å². The van der Waals surface area contributed by atoms with Crippen LogP contribution in [0.3, 0.4) is 0 Å². The molecular weight excluding hydrogens is 553 g/mol. The van der Waals surface area contributed by atoms with E-state index in [-0.39, 0.29) is 29.0 Å². The van der Waals surface area contributed by atoms with Crippen LogP contribution in [-0.2, 0) is 42.9 Å². The number of hydrogen-bond donors (Lipinski definition) is 3. The zero-order valence-electron chi connectivity index (χ0n) is 22.2. The van der Waals surface area contributed by atoms with Gasteiger partial charge in [0.05, 0.1) is 30.2 Å². The van der Waals surface area contributed by atoms with Crippen molar-refractivity contribution in [2.45, 2.75) is 37.8 Å². The van der Waals surface area contributed by atoms with Crippen LogP contribution in [0.2, 0.25) is 0 Å².